The van der Waals surface area contributed by atoms with Gasteiger partial charge in [-0.3, -0.25) is 0 Å². The van der Waals surface area contributed by atoms with Crippen LogP contribution in [0.2, 0.25) is 0 Å². The standard InChI is InChI=1S/C16H14F4O/c1-10-6-12(9-14(17)7-10)15(21)8-11-2-4-13(5-3-11)16(18,19)20/h2-7,9,15,21H,8H2,1H3. The largest absolute Gasteiger partial charge is 0.416 e. The summed E-state index contributed by atoms with van der Waals surface area (Å²) in [5.74, 6) is -0.448. The molecule has 0 spiro atoms. The number of aryl methyl sites for hydroxylation is 1. The molecule has 0 amide bonds. The van der Waals surface area contributed by atoms with E-state index in [0.717, 1.165) is 12.1 Å². The van der Waals surface area contributed by atoms with Crippen LogP contribution in [0.15, 0.2) is 42.5 Å². The molecular formula is C16H14F4O. The molecule has 112 valence electrons. The van der Waals surface area contributed by atoms with Crippen molar-refractivity contribution in [2.45, 2.75) is 25.6 Å². The molecule has 0 aliphatic rings. The molecule has 1 unspecified atom stereocenters. The van der Waals surface area contributed by atoms with E-state index in [9.17, 15) is 22.7 Å². The van der Waals surface area contributed by atoms with Gasteiger partial charge in [0.15, 0.2) is 0 Å². The smallest absolute Gasteiger partial charge is 0.388 e. The van der Waals surface area contributed by atoms with Crippen LogP contribution in [0.5, 0.6) is 0 Å². The summed E-state index contributed by atoms with van der Waals surface area (Å²) in [5, 5.41) is 10.1. The minimum Gasteiger partial charge on any atom is -0.388 e. The Labute approximate surface area is 119 Å². The number of halogens is 4. The van der Waals surface area contributed by atoms with Gasteiger partial charge in [-0.1, -0.05) is 18.2 Å². The predicted octanol–water partition coefficient (Wildman–Crippen LogP) is 4.43. The Balaban J connectivity index is 2.14. The number of hydrogen-bond donors (Lipinski definition) is 1. The van der Waals surface area contributed by atoms with Crippen LogP contribution in [-0.2, 0) is 12.6 Å². The zero-order chi connectivity index (χ0) is 15.6. The SMILES string of the molecule is Cc1cc(F)cc(C(O)Cc2ccc(C(F)(F)F)cc2)c1. The Morgan fingerprint density at radius 3 is 2.19 bits per heavy atom. The van der Waals surface area contributed by atoms with Crippen molar-refractivity contribution < 1.29 is 22.7 Å². The topological polar surface area (TPSA) is 20.2 Å². The van der Waals surface area contributed by atoms with E-state index in [2.05, 4.69) is 0 Å². The zero-order valence-corrected chi connectivity index (χ0v) is 11.3. The first kappa shape index (κ1) is 15.5. The highest BCUT2D eigenvalue weighted by Crippen LogP contribution is 2.30. The molecule has 1 N–H and O–H groups in total. The maximum absolute atomic E-state index is 13.3. The first-order chi connectivity index (χ1) is 9.75. The Hall–Kier alpha value is -1.88. The van der Waals surface area contributed by atoms with Crippen LogP contribution in [0, 0.1) is 12.7 Å². The average Bonchev–Trinajstić information content (AvgIpc) is 2.37. The average molecular weight is 298 g/mol. The van der Waals surface area contributed by atoms with Crippen molar-refractivity contribution in [2.24, 2.45) is 0 Å². The highest BCUT2D eigenvalue weighted by atomic mass is 19.4. The summed E-state index contributed by atoms with van der Waals surface area (Å²) in [7, 11) is 0. The number of alkyl halides is 3. The second-order valence-electron chi connectivity index (χ2n) is 4.98. The van der Waals surface area contributed by atoms with Crippen LogP contribution in [-0.4, -0.2) is 5.11 Å². The molecule has 21 heavy (non-hydrogen) atoms. The van der Waals surface area contributed by atoms with E-state index < -0.39 is 23.7 Å². The molecule has 0 bridgehead atoms. The molecule has 0 radical (unpaired) electrons. The summed E-state index contributed by atoms with van der Waals surface area (Å²) in [6.07, 6.45) is -5.21. The van der Waals surface area contributed by atoms with Gasteiger partial charge >= 0.3 is 6.18 Å². The molecule has 0 aliphatic heterocycles. The molecular weight excluding hydrogens is 284 g/mol. The Morgan fingerprint density at radius 1 is 1.05 bits per heavy atom. The molecule has 0 heterocycles. The van der Waals surface area contributed by atoms with Crippen LogP contribution < -0.4 is 0 Å². The summed E-state index contributed by atoms with van der Waals surface area (Å²) in [5.41, 5.74) is 0.906. The highest BCUT2D eigenvalue weighted by Gasteiger charge is 2.29. The second kappa shape index (κ2) is 5.85. The first-order valence-electron chi connectivity index (χ1n) is 6.37. The van der Waals surface area contributed by atoms with E-state index in [0.29, 0.717) is 16.7 Å². The fourth-order valence-electron chi connectivity index (χ4n) is 2.13. The van der Waals surface area contributed by atoms with E-state index in [1.54, 1.807) is 13.0 Å². The lowest BCUT2D eigenvalue weighted by Gasteiger charge is -2.13. The van der Waals surface area contributed by atoms with E-state index in [4.69, 9.17) is 0 Å². The van der Waals surface area contributed by atoms with E-state index in [1.165, 1.54) is 24.3 Å². The van der Waals surface area contributed by atoms with Crippen molar-refractivity contribution in [3.8, 4) is 0 Å². The molecule has 2 rings (SSSR count). The van der Waals surface area contributed by atoms with Gasteiger partial charge in [0, 0.05) is 6.42 Å². The minimum absolute atomic E-state index is 0.126. The normalized spacial score (nSPS) is 13.2. The molecule has 0 saturated heterocycles. The maximum atomic E-state index is 13.3. The summed E-state index contributed by atoms with van der Waals surface area (Å²) < 4.78 is 50.6. The molecule has 0 aromatic heterocycles. The minimum atomic E-state index is -4.38. The third-order valence-corrected chi connectivity index (χ3v) is 3.16. The van der Waals surface area contributed by atoms with Gasteiger partial charge in [-0.05, 0) is 47.9 Å². The third-order valence-electron chi connectivity index (χ3n) is 3.16. The third kappa shape index (κ3) is 4.04. The summed E-state index contributed by atoms with van der Waals surface area (Å²) in [6.45, 7) is 1.71. The van der Waals surface area contributed by atoms with Gasteiger partial charge in [0.05, 0.1) is 11.7 Å². The Kier molecular flexibility index (Phi) is 4.32. The molecule has 1 atom stereocenters. The van der Waals surface area contributed by atoms with Crippen molar-refractivity contribution >= 4 is 0 Å². The number of hydrogen-bond acceptors (Lipinski definition) is 1. The predicted molar refractivity (Wildman–Crippen MR) is 71.2 cm³/mol. The summed E-state index contributed by atoms with van der Waals surface area (Å²) in [6, 6.07) is 8.79. The van der Waals surface area contributed by atoms with Gasteiger partial charge in [0.2, 0.25) is 0 Å². The quantitative estimate of drug-likeness (QED) is 0.831. The Morgan fingerprint density at radius 2 is 1.67 bits per heavy atom. The lowest BCUT2D eigenvalue weighted by molar-refractivity contribution is -0.137. The fourth-order valence-corrected chi connectivity index (χ4v) is 2.13. The molecule has 2 aromatic rings. The van der Waals surface area contributed by atoms with Crippen molar-refractivity contribution in [3.05, 3.63) is 70.5 Å². The fraction of sp³-hybridized carbons (Fsp3) is 0.250. The number of benzene rings is 2. The van der Waals surface area contributed by atoms with Crippen LogP contribution >= 0.6 is 0 Å². The van der Waals surface area contributed by atoms with Crippen LogP contribution in [0.1, 0.15) is 28.4 Å². The molecule has 5 heteroatoms. The Bertz CT molecular complexity index is 597. The number of aliphatic hydroxyl groups is 1. The van der Waals surface area contributed by atoms with Gasteiger partial charge in [0.1, 0.15) is 5.82 Å². The molecule has 1 nitrogen and oxygen atoms in total. The monoisotopic (exact) mass is 298 g/mol. The van der Waals surface area contributed by atoms with Gasteiger partial charge < -0.3 is 5.11 Å². The lowest BCUT2D eigenvalue weighted by atomic mass is 9.99. The summed E-state index contributed by atoms with van der Waals surface area (Å²) in [4.78, 5) is 0. The van der Waals surface area contributed by atoms with E-state index in [1.807, 2.05) is 0 Å². The lowest BCUT2D eigenvalue weighted by Crippen LogP contribution is -2.06. The van der Waals surface area contributed by atoms with E-state index >= 15 is 0 Å². The molecule has 0 fully saturated rings. The van der Waals surface area contributed by atoms with Gasteiger partial charge in [-0.15, -0.1) is 0 Å². The summed E-state index contributed by atoms with van der Waals surface area (Å²) >= 11 is 0. The van der Waals surface area contributed by atoms with E-state index in [-0.39, 0.29) is 6.42 Å². The van der Waals surface area contributed by atoms with Gasteiger partial charge in [-0.25, -0.2) is 4.39 Å². The zero-order valence-electron chi connectivity index (χ0n) is 11.3. The molecule has 0 aliphatic carbocycles. The van der Waals surface area contributed by atoms with Gasteiger partial charge in [-0.2, -0.15) is 13.2 Å². The first-order valence-corrected chi connectivity index (χ1v) is 6.37. The number of aliphatic hydroxyl groups excluding tert-OH is 1. The van der Waals surface area contributed by atoms with Crippen molar-refractivity contribution in [1.29, 1.82) is 0 Å². The van der Waals surface area contributed by atoms with Crippen LogP contribution in [0.4, 0.5) is 17.6 Å². The number of rotatable bonds is 3. The van der Waals surface area contributed by atoms with Crippen molar-refractivity contribution in [1.82, 2.24) is 0 Å². The maximum Gasteiger partial charge on any atom is 0.416 e. The van der Waals surface area contributed by atoms with Crippen molar-refractivity contribution in [3.63, 3.8) is 0 Å². The molecule has 2 aromatic carbocycles. The van der Waals surface area contributed by atoms with Crippen molar-refractivity contribution in [2.75, 3.05) is 0 Å². The molecule has 0 saturated carbocycles. The van der Waals surface area contributed by atoms with Crippen LogP contribution in [0.25, 0.3) is 0 Å². The van der Waals surface area contributed by atoms with Crippen LogP contribution in [0.3, 0.4) is 0 Å². The second-order valence-corrected chi connectivity index (χ2v) is 4.98. The highest BCUT2D eigenvalue weighted by molar-refractivity contribution is 5.29. The van der Waals surface area contributed by atoms with Gasteiger partial charge in [0.25, 0.3) is 0 Å².